The number of carbonyl (C=O) groups is 1. The third-order valence-electron chi connectivity index (χ3n) is 2.33. The van der Waals surface area contributed by atoms with E-state index in [1.54, 1.807) is 24.4 Å². The highest BCUT2D eigenvalue weighted by Gasteiger charge is 1.99. The maximum Gasteiger partial charge on any atom is 0.244 e. The van der Waals surface area contributed by atoms with Crippen LogP contribution in [0.2, 0.25) is 0 Å². The molecule has 92 valence electrons. The highest BCUT2D eigenvalue weighted by molar-refractivity contribution is 5.91. The number of halogens is 1. The summed E-state index contributed by atoms with van der Waals surface area (Å²) in [5.41, 5.74) is 1.19. The first kappa shape index (κ1) is 12.0. The van der Waals surface area contributed by atoms with Gasteiger partial charge in [0.25, 0.3) is 0 Å². The summed E-state index contributed by atoms with van der Waals surface area (Å²) in [5.74, 6) is -0.636. The van der Waals surface area contributed by atoms with Crippen LogP contribution in [-0.4, -0.2) is 15.9 Å². The van der Waals surface area contributed by atoms with Gasteiger partial charge in [0, 0.05) is 17.8 Å². The Kier molecular flexibility index (Phi) is 3.86. The largest absolute Gasteiger partial charge is 0.347 e. The van der Waals surface area contributed by atoms with Crippen molar-refractivity contribution in [3.63, 3.8) is 0 Å². The molecule has 2 N–H and O–H groups in total. The number of rotatable bonds is 4. The van der Waals surface area contributed by atoms with E-state index in [9.17, 15) is 9.18 Å². The number of nitrogens with zero attached hydrogens (tertiary/aromatic N) is 1. The van der Waals surface area contributed by atoms with E-state index in [4.69, 9.17) is 0 Å². The van der Waals surface area contributed by atoms with Gasteiger partial charge in [-0.1, -0.05) is 18.2 Å². The topological polar surface area (TPSA) is 57.8 Å². The van der Waals surface area contributed by atoms with E-state index < -0.39 is 0 Å². The molecule has 2 rings (SSSR count). The number of hydrogen-bond acceptors (Lipinski definition) is 2. The molecule has 0 atom stereocenters. The van der Waals surface area contributed by atoms with E-state index in [0.29, 0.717) is 12.1 Å². The Morgan fingerprint density at radius 2 is 2.28 bits per heavy atom. The lowest BCUT2D eigenvalue weighted by atomic mass is 10.2. The smallest absolute Gasteiger partial charge is 0.244 e. The van der Waals surface area contributed by atoms with Gasteiger partial charge in [0.05, 0.1) is 18.6 Å². The molecule has 0 saturated heterocycles. The van der Waals surface area contributed by atoms with Gasteiger partial charge < -0.3 is 10.3 Å². The van der Waals surface area contributed by atoms with Crippen LogP contribution >= 0.6 is 0 Å². The molecule has 1 heterocycles. The molecule has 1 amide bonds. The number of aromatic nitrogens is 2. The van der Waals surface area contributed by atoms with Crippen molar-refractivity contribution >= 4 is 12.0 Å². The van der Waals surface area contributed by atoms with E-state index in [1.165, 1.54) is 24.5 Å². The van der Waals surface area contributed by atoms with E-state index >= 15 is 0 Å². The highest BCUT2D eigenvalue weighted by atomic mass is 19.1. The lowest BCUT2D eigenvalue weighted by Gasteiger charge is -1.99. The number of aromatic amines is 1. The zero-order chi connectivity index (χ0) is 12.8. The van der Waals surface area contributed by atoms with Crippen LogP contribution in [0.5, 0.6) is 0 Å². The summed E-state index contributed by atoms with van der Waals surface area (Å²) in [5, 5.41) is 2.66. The first-order valence-corrected chi connectivity index (χ1v) is 5.43. The Morgan fingerprint density at radius 1 is 1.44 bits per heavy atom. The fraction of sp³-hybridized carbons (Fsp3) is 0.0769. The molecule has 0 aliphatic heterocycles. The van der Waals surface area contributed by atoms with Crippen LogP contribution < -0.4 is 5.32 Å². The Balaban J connectivity index is 1.89. The van der Waals surface area contributed by atoms with E-state index in [-0.39, 0.29) is 11.7 Å². The summed E-state index contributed by atoms with van der Waals surface area (Å²) >= 11 is 0. The van der Waals surface area contributed by atoms with Crippen LogP contribution in [0.1, 0.15) is 11.3 Å². The lowest BCUT2D eigenvalue weighted by molar-refractivity contribution is -0.116. The molecular weight excluding hydrogens is 233 g/mol. The average Bonchev–Trinajstić information content (AvgIpc) is 2.88. The van der Waals surface area contributed by atoms with Crippen molar-refractivity contribution in [1.29, 1.82) is 0 Å². The molecule has 1 aromatic carbocycles. The van der Waals surface area contributed by atoms with Gasteiger partial charge >= 0.3 is 0 Å². The normalized spacial score (nSPS) is 10.7. The Morgan fingerprint density at radius 3 is 3.00 bits per heavy atom. The summed E-state index contributed by atoms with van der Waals surface area (Å²) in [7, 11) is 0. The van der Waals surface area contributed by atoms with E-state index in [2.05, 4.69) is 15.3 Å². The number of carbonyl (C=O) groups excluding carboxylic acids is 1. The SMILES string of the molecule is O=C(C=Cc1ccccc1F)NCc1cnc[nH]1. The minimum Gasteiger partial charge on any atom is -0.347 e. The number of H-pyrrole nitrogens is 1. The van der Waals surface area contributed by atoms with Gasteiger partial charge in [-0.3, -0.25) is 4.79 Å². The predicted molar refractivity (Wildman–Crippen MR) is 65.9 cm³/mol. The third kappa shape index (κ3) is 3.28. The van der Waals surface area contributed by atoms with Crippen molar-refractivity contribution in [2.45, 2.75) is 6.54 Å². The molecule has 0 fully saturated rings. The van der Waals surface area contributed by atoms with Crippen LogP contribution in [0, 0.1) is 5.82 Å². The second-order valence-electron chi connectivity index (χ2n) is 3.65. The molecule has 0 spiro atoms. The third-order valence-corrected chi connectivity index (χ3v) is 2.33. The quantitative estimate of drug-likeness (QED) is 0.808. The van der Waals surface area contributed by atoms with Crippen LogP contribution in [0.15, 0.2) is 42.9 Å². The Labute approximate surface area is 104 Å². The first-order chi connectivity index (χ1) is 8.75. The minimum absolute atomic E-state index is 0.284. The second-order valence-corrected chi connectivity index (χ2v) is 3.65. The van der Waals surface area contributed by atoms with Gasteiger partial charge in [-0.25, -0.2) is 9.37 Å². The molecule has 4 nitrogen and oxygen atoms in total. The number of nitrogens with one attached hydrogen (secondary N) is 2. The standard InChI is InChI=1S/C13H12FN3O/c14-12-4-2-1-3-10(12)5-6-13(18)16-8-11-7-15-9-17-11/h1-7,9H,8H2,(H,15,17)(H,16,18). The van der Waals surface area contributed by atoms with Gasteiger partial charge in [0.15, 0.2) is 0 Å². The van der Waals surface area contributed by atoms with Crippen LogP contribution in [0.4, 0.5) is 4.39 Å². The molecule has 1 aromatic heterocycles. The van der Waals surface area contributed by atoms with Crippen molar-refractivity contribution < 1.29 is 9.18 Å². The van der Waals surface area contributed by atoms with Crippen molar-refractivity contribution in [2.24, 2.45) is 0 Å². The molecule has 0 bridgehead atoms. The van der Waals surface area contributed by atoms with Crippen molar-refractivity contribution in [1.82, 2.24) is 15.3 Å². The second kappa shape index (κ2) is 5.77. The highest BCUT2D eigenvalue weighted by Crippen LogP contribution is 2.07. The maximum atomic E-state index is 13.3. The molecule has 0 saturated carbocycles. The van der Waals surface area contributed by atoms with E-state index in [0.717, 1.165) is 5.69 Å². The molecule has 5 heteroatoms. The van der Waals surface area contributed by atoms with Crippen LogP contribution in [-0.2, 0) is 11.3 Å². The van der Waals surface area contributed by atoms with Crippen molar-refractivity contribution in [2.75, 3.05) is 0 Å². The average molecular weight is 245 g/mol. The van der Waals surface area contributed by atoms with Gasteiger partial charge in [0.2, 0.25) is 5.91 Å². The fourth-order valence-electron chi connectivity index (χ4n) is 1.40. The molecule has 2 aromatic rings. The maximum absolute atomic E-state index is 13.3. The molecule has 18 heavy (non-hydrogen) atoms. The summed E-state index contributed by atoms with van der Waals surface area (Å²) in [6.45, 7) is 0.362. The van der Waals surface area contributed by atoms with Crippen LogP contribution in [0.3, 0.4) is 0 Å². The fourth-order valence-corrected chi connectivity index (χ4v) is 1.40. The minimum atomic E-state index is -0.352. The van der Waals surface area contributed by atoms with Crippen molar-refractivity contribution in [3.05, 3.63) is 59.9 Å². The summed E-state index contributed by atoms with van der Waals surface area (Å²) in [6.07, 6.45) is 5.91. The number of imidazole rings is 1. The molecule has 0 aliphatic carbocycles. The number of amides is 1. The molecular formula is C13H12FN3O. The molecule has 0 radical (unpaired) electrons. The first-order valence-electron chi connectivity index (χ1n) is 5.43. The predicted octanol–water partition coefficient (Wildman–Crippen LogP) is 1.88. The molecule has 0 aliphatic rings. The van der Waals surface area contributed by atoms with Gasteiger partial charge in [0.1, 0.15) is 5.82 Å². The Hall–Kier alpha value is -2.43. The zero-order valence-corrected chi connectivity index (χ0v) is 9.56. The number of benzene rings is 1. The van der Waals surface area contributed by atoms with E-state index in [1.807, 2.05) is 0 Å². The van der Waals surface area contributed by atoms with Crippen molar-refractivity contribution in [3.8, 4) is 0 Å². The van der Waals surface area contributed by atoms with Gasteiger partial charge in [-0.05, 0) is 12.1 Å². The Bertz CT molecular complexity index is 549. The monoisotopic (exact) mass is 245 g/mol. The van der Waals surface area contributed by atoms with Gasteiger partial charge in [-0.2, -0.15) is 0 Å². The van der Waals surface area contributed by atoms with Gasteiger partial charge in [-0.15, -0.1) is 0 Å². The molecule has 0 unspecified atom stereocenters. The number of hydrogen-bond donors (Lipinski definition) is 2. The van der Waals surface area contributed by atoms with Crippen LogP contribution in [0.25, 0.3) is 6.08 Å². The zero-order valence-electron chi connectivity index (χ0n) is 9.56. The lowest BCUT2D eigenvalue weighted by Crippen LogP contribution is -2.20. The summed E-state index contributed by atoms with van der Waals surface area (Å²) < 4.78 is 13.3. The summed E-state index contributed by atoms with van der Waals surface area (Å²) in [4.78, 5) is 18.2. The summed E-state index contributed by atoms with van der Waals surface area (Å²) in [6, 6.07) is 6.27.